The summed E-state index contributed by atoms with van der Waals surface area (Å²) in [7, 11) is 0. The lowest BCUT2D eigenvalue weighted by molar-refractivity contribution is -0.139. The van der Waals surface area contributed by atoms with E-state index in [0.717, 1.165) is 5.69 Å². The number of rotatable bonds is 4. The fraction of sp³-hybridized carbons (Fsp3) is 0.444. The van der Waals surface area contributed by atoms with Gasteiger partial charge in [0.15, 0.2) is 0 Å². The molecule has 1 aromatic heterocycles. The third-order valence-corrected chi connectivity index (χ3v) is 1.94. The van der Waals surface area contributed by atoms with Crippen LogP contribution in [-0.2, 0) is 4.79 Å². The Morgan fingerprint density at radius 2 is 2.36 bits per heavy atom. The number of aromatic nitrogens is 2. The van der Waals surface area contributed by atoms with Crippen LogP contribution in [0.4, 0.5) is 0 Å². The van der Waals surface area contributed by atoms with Gasteiger partial charge in [-0.15, -0.1) is 0 Å². The van der Waals surface area contributed by atoms with Gasteiger partial charge in [-0.3, -0.25) is 4.79 Å². The van der Waals surface area contributed by atoms with Gasteiger partial charge in [-0.1, -0.05) is 0 Å². The number of nitrogens with two attached hydrogens (primary N) is 1. The second-order valence-electron chi connectivity index (χ2n) is 3.05. The van der Waals surface area contributed by atoms with E-state index < -0.39 is 11.9 Å². The molecule has 1 heterocycles. The zero-order valence-corrected chi connectivity index (χ0v) is 7.97. The fourth-order valence-electron chi connectivity index (χ4n) is 1.23. The van der Waals surface area contributed by atoms with Gasteiger partial charge in [0.25, 0.3) is 0 Å². The molecule has 0 saturated heterocycles. The molecule has 1 unspecified atom stereocenters. The van der Waals surface area contributed by atoms with Crippen molar-refractivity contribution >= 4 is 5.97 Å². The molecule has 5 nitrogen and oxygen atoms in total. The topological polar surface area (TPSA) is 89.1 Å². The second-order valence-corrected chi connectivity index (χ2v) is 3.05. The molecule has 5 heteroatoms. The molecular formula is C9H13N3O2. The van der Waals surface area contributed by atoms with Crippen LogP contribution >= 0.6 is 0 Å². The van der Waals surface area contributed by atoms with Gasteiger partial charge in [0.2, 0.25) is 0 Å². The van der Waals surface area contributed by atoms with Crippen molar-refractivity contribution < 1.29 is 9.90 Å². The minimum absolute atomic E-state index is 0.333. The molecule has 0 amide bonds. The summed E-state index contributed by atoms with van der Waals surface area (Å²) in [6.07, 6.45) is 1.77. The maximum Gasteiger partial charge on any atom is 0.312 e. The Labute approximate surface area is 82.0 Å². The van der Waals surface area contributed by atoms with E-state index in [9.17, 15) is 4.79 Å². The SMILES string of the molecule is Cc1cc(C(CCN)C(=O)O)ncn1. The van der Waals surface area contributed by atoms with Crippen molar-refractivity contribution in [3.05, 3.63) is 23.8 Å². The highest BCUT2D eigenvalue weighted by Crippen LogP contribution is 2.16. The smallest absolute Gasteiger partial charge is 0.312 e. The molecule has 3 N–H and O–H groups in total. The summed E-state index contributed by atoms with van der Waals surface area (Å²) in [5, 5.41) is 8.93. The van der Waals surface area contributed by atoms with E-state index >= 15 is 0 Å². The van der Waals surface area contributed by atoms with E-state index in [2.05, 4.69) is 9.97 Å². The minimum Gasteiger partial charge on any atom is -0.481 e. The van der Waals surface area contributed by atoms with Gasteiger partial charge in [0.1, 0.15) is 12.2 Å². The molecule has 0 aliphatic rings. The molecule has 0 bridgehead atoms. The van der Waals surface area contributed by atoms with Crippen LogP contribution in [0.3, 0.4) is 0 Å². The minimum atomic E-state index is -0.895. The zero-order valence-electron chi connectivity index (χ0n) is 7.97. The van der Waals surface area contributed by atoms with Gasteiger partial charge < -0.3 is 10.8 Å². The van der Waals surface area contributed by atoms with E-state index in [0.29, 0.717) is 18.7 Å². The molecule has 0 aromatic carbocycles. The normalized spacial score (nSPS) is 12.4. The molecule has 1 aromatic rings. The maximum absolute atomic E-state index is 10.9. The molecule has 0 fully saturated rings. The van der Waals surface area contributed by atoms with Crippen molar-refractivity contribution in [2.24, 2.45) is 5.73 Å². The Hall–Kier alpha value is -1.49. The van der Waals surface area contributed by atoms with Crippen molar-refractivity contribution in [1.29, 1.82) is 0 Å². The molecule has 1 rings (SSSR count). The molecule has 1 atom stereocenters. The van der Waals surface area contributed by atoms with Crippen molar-refractivity contribution in [3.8, 4) is 0 Å². The Bertz CT molecular complexity index is 328. The van der Waals surface area contributed by atoms with Gasteiger partial charge >= 0.3 is 5.97 Å². The number of hydrogen-bond acceptors (Lipinski definition) is 4. The first-order chi connectivity index (χ1) is 6.65. The third-order valence-electron chi connectivity index (χ3n) is 1.94. The first kappa shape index (κ1) is 10.6. The Kier molecular flexibility index (Phi) is 3.53. The van der Waals surface area contributed by atoms with Crippen LogP contribution in [-0.4, -0.2) is 27.6 Å². The lowest BCUT2D eigenvalue weighted by Crippen LogP contribution is -2.17. The summed E-state index contributed by atoms with van der Waals surface area (Å²) in [6.45, 7) is 2.13. The van der Waals surface area contributed by atoms with E-state index in [-0.39, 0.29) is 0 Å². The Morgan fingerprint density at radius 3 is 2.86 bits per heavy atom. The molecular weight excluding hydrogens is 182 g/mol. The monoisotopic (exact) mass is 195 g/mol. The number of carbonyl (C=O) groups is 1. The van der Waals surface area contributed by atoms with Gasteiger partial charge in [-0.05, 0) is 26.0 Å². The summed E-state index contributed by atoms with van der Waals surface area (Å²) in [6, 6.07) is 1.68. The average Bonchev–Trinajstić information content (AvgIpc) is 2.13. The van der Waals surface area contributed by atoms with Gasteiger partial charge in [0.05, 0.1) is 5.69 Å². The number of aryl methyl sites for hydroxylation is 1. The number of carboxylic acids is 1. The summed E-state index contributed by atoms with van der Waals surface area (Å²) in [4.78, 5) is 18.7. The number of carboxylic acid groups (broad SMARTS) is 1. The summed E-state index contributed by atoms with van der Waals surface area (Å²) in [5.74, 6) is -1.52. The standard InChI is InChI=1S/C9H13N3O2/c1-6-4-8(12-5-11-6)7(2-3-10)9(13)14/h4-5,7H,2-3,10H2,1H3,(H,13,14). The van der Waals surface area contributed by atoms with Gasteiger partial charge in [-0.2, -0.15) is 0 Å². The van der Waals surface area contributed by atoms with Crippen LogP contribution in [0.5, 0.6) is 0 Å². The van der Waals surface area contributed by atoms with Crippen molar-refractivity contribution in [2.45, 2.75) is 19.3 Å². The van der Waals surface area contributed by atoms with Gasteiger partial charge in [0, 0.05) is 5.69 Å². The Morgan fingerprint density at radius 1 is 1.64 bits per heavy atom. The fourth-order valence-corrected chi connectivity index (χ4v) is 1.23. The summed E-state index contributed by atoms with van der Waals surface area (Å²) in [5.41, 5.74) is 6.62. The van der Waals surface area contributed by atoms with Crippen LogP contribution in [0.15, 0.2) is 12.4 Å². The van der Waals surface area contributed by atoms with E-state index in [1.54, 1.807) is 13.0 Å². The number of aliphatic carboxylic acids is 1. The van der Waals surface area contributed by atoms with Crippen LogP contribution in [0.25, 0.3) is 0 Å². The molecule has 0 aliphatic heterocycles. The van der Waals surface area contributed by atoms with Crippen molar-refractivity contribution in [1.82, 2.24) is 9.97 Å². The van der Waals surface area contributed by atoms with Crippen molar-refractivity contribution in [3.63, 3.8) is 0 Å². The van der Waals surface area contributed by atoms with Gasteiger partial charge in [-0.25, -0.2) is 9.97 Å². The van der Waals surface area contributed by atoms with Crippen LogP contribution in [0.2, 0.25) is 0 Å². The highest BCUT2D eigenvalue weighted by Gasteiger charge is 2.20. The first-order valence-corrected chi connectivity index (χ1v) is 4.36. The lowest BCUT2D eigenvalue weighted by atomic mass is 10.0. The second kappa shape index (κ2) is 4.66. The van der Waals surface area contributed by atoms with E-state index in [4.69, 9.17) is 10.8 Å². The van der Waals surface area contributed by atoms with E-state index in [1.165, 1.54) is 6.33 Å². The molecule has 0 radical (unpaired) electrons. The van der Waals surface area contributed by atoms with E-state index in [1.807, 2.05) is 0 Å². The lowest BCUT2D eigenvalue weighted by Gasteiger charge is -2.09. The predicted octanol–water partition coefficient (Wildman–Crippen LogP) is 0.302. The number of hydrogen-bond donors (Lipinski definition) is 2. The maximum atomic E-state index is 10.9. The molecule has 14 heavy (non-hydrogen) atoms. The highest BCUT2D eigenvalue weighted by molar-refractivity contribution is 5.75. The largest absolute Gasteiger partial charge is 0.481 e. The van der Waals surface area contributed by atoms with Crippen molar-refractivity contribution in [2.75, 3.05) is 6.54 Å². The zero-order chi connectivity index (χ0) is 10.6. The molecule has 0 spiro atoms. The van der Waals surface area contributed by atoms with Crippen LogP contribution < -0.4 is 5.73 Å². The quantitative estimate of drug-likeness (QED) is 0.721. The van der Waals surface area contributed by atoms with Crippen LogP contribution in [0, 0.1) is 6.92 Å². The highest BCUT2D eigenvalue weighted by atomic mass is 16.4. The Balaban J connectivity index is 2.93. The molecule has 76 valence electrons. The third kappa shape index (κ3) is 2.50. The molecule has 0 saturated carbocycles. The predicted molar refractivity (Wildman–Crippen MR) is 50.8 cm³/mol. The summed E-state index contributed by atoms with van der Waals surface area (Å²) >= 11 is 0. The number of nitrogens with zero attached hydrogens (tertiary/aromatic N) is 2. The summed E-state index contributed by atoms with van der Waals surface area (Å²) < 4.78 is 0. The first-order valence-electron chi connectivity index (χ1n) is 4.36. The van der Waals surface area contributed by atoms with Crippen LogP contribution in [0.1, 0.15) is 23.7 Å². The molecule has 0 aliphatic carbocycles. The average molecular weight is 195 g/mol.